The first kappa shape index (κ1) is 10.7. The highest BCUT2D eigenvalue weighted by Crippen LogP contribution is 2.26. The molecule has 0 spiro atoms. The first-order valence-corrected chi connectivity index (χ1v) is 4.35. The summed E-state index contributed by atoms with van der Waals surface area (Å²) in [4.78, 5) is 13.5. The Morgan fingerprint density at radius 2 is 2.29 bits per heavy atom. The molecule has 0 saturated carbocycles. The third-order valence-corrected chi connectivity index (χ3v) is 1.66. The van der Waals surface area contributed by atoms with Gasteiger partial charge in [-0.1, -0.05) is 11.6 Å². The van der Waals surface area contributed by atoms with Crippen LogP contribution in [-0.4, -0.2) is 16.0 Å². The zero-order valence-electron chi connectivity index (χ0n) is 7.73. The number of rotatable bonds is 3. The molecular weight excluding hydrogens is 208 g/mol. The Balaban J connectivity index is 3.00. The minimum Gasteiger partial charge on any atom is -0.489 e. The summed E-state index contributed by atoms with van der Waals surface area (Å²) in [6, 6.07) is 1.26. The molecule has 76 valence electrons. The van der Waals surface area contributed by atoms with E-state index in [0.717, 1.165) is 0 Å². The largest absolute Gasteiger partial charge is 0.489 e. The summed E-state index contributed by atoms with van der Waals surface area (Å²) < 4.78 is 5.23. The van der Waals surface area contributed by atoms with Gasteiger partial charge in [-0.3, -0.25) is 10.1 Å². The molecule has 6 heteroatoms. The Bertz CT molecular complexity index is 354. The lowest BCUT2D eigenvalue weighted by Crippen LogP contribution is -2.06. The smallest absolute Gasteiger partial charge is 0.310 e. The summed E-state index contributed by atoms with van der Waals surface area (Å²) in [5, 5.41) is 10.4. The van der Waals surface area contributed by atoms with Crippen molar-refractivity contribution in [3.8, 4) is 5.75 Å². The van der Waals surface area contributed by atoms with Gasteiger partial charge in [0.25, 0.3) is 0 Å². The molecule has 1 heterocycles. The van der Waals surface area contributed by atoms with Crippen molar-refractivity contribution in [1.29, 1.82) is 0 Å². The number of aromatic nitrogens is 1. The number of nitrogens with zero attached hydrogens (tertiary/aromatic N) is 2. The Morgan fingerprint density at radius 3 is 2.79 bits per heavy atom. The predicted octanol–water partition coefficient (Wildman–Crippen LogP) is 2.43. The van der Waals surface area contributed by atoms with Gasteiger partial charge < -0.3 is 4.74 Å². The molecule has 1 aromatic heterocycles. The maximum atomic E-state index is 10.5. The lowest BCUT2D eigenvalue weighted by Gasteiger charge is -2.08. The summed E-state index contributed by atoms with van der Waals surface area (Å²) in [6.45, 7) is 3.64. The zero-order valence-corrected chi connectivity index (χ0v) is 8.49. The van der Waals surface area contributed by atoms with Crippen LogP contribution in [0.4, 0.5) is 5.69 Å². The van der Waals surface area contributed by atoms with E-state index in [-0.39, 0.29) is 16.9 Å². The van der Waals surface area contributed by atoms with Crippen molar-refractivity contribution in [1.82, 2.24) is 4.98 Å². The molecule has 0 amide bonds. The lowest BCUT2D eigenvalue weighted by molar-refractivity contribution is -0.385. The zero-order chi connectivity index (χ0) is 10.7. The van der Waals surface area contributed by atoms with Crippen LogP contribution in [0.5, 0.6) is 5.75 Å². The van der Waals surface area contributed by atoms with E-state index < -0.39 is 4.92 Å². The molecule has 0 aliphatic heterocycles. The SMILES string of the molecule is CC(C)Oc1cnc(Cl)c([N+](=O)[O-])c1. The Hall–Kier alpha value is -1.36. The maximum absolute atomic E-state index is 10.5. The summed E-state index contributed by atoms with van der Waals surface area (Å²) in [5.41, 5.74) is -0.246. The first-order valence-electron chi connectivity index (χ1n) is 3.97. The molecule has 14 heavy (non-hydrogen) atoms. The van der Waals surface area contributed by atoms with E-state index in [4.69, 9.17) is 16.3 Å². The van der Waals surface area contributed by atoms with Gasteiger partial charge >= 0.3 is 5.69 Å². The Labute approximate surface area is 85.8 Å². The number of hydrogen-bond donors (Lipinski definition) is 0. The standard InChI is InChI=1S/C8H9ClN2O3/c1-5(2)14-6-3-7(11(12)13)8(9)10-4-6/h3-5H,1-2H3. The van der Waals surface area contributed by atoms with E-state index in [1.54, 1.807) is 0 Å². The topological polar surface area (TPSA) is 65.3 Å². The van der Waals surface area contributed by atoms with Crippen molar-refractivity contribution < 1.29 is 9.66 Å². The van der Waals surface area contributed by atoms with Gasteiger partial charge in [-0.2, -0.15) is 0 Å². The lowest BCUT2D eigenvalue weighted by atomic mass is 10.4. The second-order valence-corrected chi connectivity index (χ2v) is 3.26. The molecule has 0 atom stereocenters. The molecule has 0 aromatic carbocycles. The van der Waals surface area contributed by atoms with Crippen LogP contribution in [0.15, 0.2) is 12.3 Å². The van der Waals surface area contributed by atoms with Gasteiger partial charge in [0.2, 0.25) is 5.15 Å². The molecule has 0 N–H and O–H groups in total. The fraction of sp³-hybridized carbons (Fsp3) is 0.375. The van der Waals surface area contributed by atoms with Gasteiger partial charge in [-0.15, -0.1) is 0 Å². The van der Waals surface area contributed by atoms with Gasteiger partial charge in [-0.25, -0.2) is 4.98 Å². The van der Waals surface area contributed by atoms with Gasteiger partial charge in [0.1, 0.15) is 5.75 Å². The minimum atomic E-state index is -0.595. The van der Waals surface area contributed by atoms with Crippen molar-refractivity contribution in [2.24, 2.45) is 0 Å². The van der Waals surface area contributed by atoms with Crippen LogP contribution in [0.3, 0.4) is 0 Å². The van der Waals surface area contributed by atoms with Crippen LogP contribution in [-0.2, 0) is 0 Å². The van der Waals surface area contributed by atoms with Crippen LogP contribution in [0, 0.1) is 10.1 Å². The number of hydrogen-bond acceptors (Lipinski definition) is 4. The minimum absolute atomic E-state index is 0.0578. The van der Waals surface area contributed by atoms with Crippen molar-refractivity contribution in [2.45, 2.75) is 20.0 Å². The van der Waals surface area contributed by atoms with Crippen molar-refractivity contribution >= 4 is 17.3 Å². The summed E-state index contributed by atoms with van der Waals surface area (Å²) in [6.07, 6.45) is 1.30. The summed E-state index contributed by atoms with van der Waals surface area (Å²) >= 11 is 5.52. The van der Waals surface area contributed by atoms with Crippen LogP contribution in [0.25, 0.3) is 0 Å². The Kier molecular flexibility index (Phi) is 3.24. The van der Waals surface area contributed by atoms with Gasteiger partial charge in [0, 0.05) is 0 Å². The third kappa shape index (κ3) is 2.56. The van der Waals surface area contributed by atoms with Gasteiger partial charge in [-0.05, 0) is 13.8 Å². The molecule has 0 fully saturated rings. The van der Waals surface area contributed by atoms with Crippen LogP contribution >= 0.6 is 11.6 Å². The highest BCUT2D eigenvalue weighted by Gasteiger charge is 2.15. The maximum Gasteiger partial charge on any atom is 0.310 e. The molecule has 0 saturated heterocycles. The molecule has 0 aliphatic rings. The van der Waals surface area contributed by atoms with Crippen molar-refractivity contribution in [3.63, 3.8) is 0 Å². The van der Waals surface area contributed by atoms with E-state index >= 15 is 0 Å². The van der Waals surface area contributed by atoms with Crippen LogP contribution < -0.4 is 4.74 Å². The molecule has 0 aliphatic carbocycles. The molecular formula is C8H9ClN2O3. The third-order valence-electron chi connectivity index (χ3n) is 1.36. The molecule has 5 nitrogen and oxygen atoms in total. The van der Waals surface area contributed by atoms with E-state index in [2.05, 4.69) is 4.98 Å². The van der Waals surface area contributed by atoms with E-state index in [1.165, 1.54) is 12.3 Å². The van der Waals surface area contributed by atoms with E-state index in [0.29, 0.717) is 5.75 Å². The van der Waals surface area contributed by atoms with Gasteiger partial charge in [0.05, 0.1) is 23.3 Å². The van der Waals surface area contributed by atoms with E-state index in [9.17, 15) is 10.1 Å². The Morgan fingerprint density at radius 1 is 1.64 bits per heavy atom. The highest BCUT2D eigenvalue weighted by molar-refractivity contribution is 6.31. The molecule has 0 unspecified atom stereocenters. The molecule has 0 radical (unpaired) electrons. The second-order valence-electron chi connectivity index (χ2n) is 2.90. The van der Waals surface area contributed by atoms with Gasteiger partial charge in [0.15, 0.2) is 0 Å². The molecule has 1 aromatic rings. The van der Waals surface area contributed by atoms with Crippen LogP contribution in [0.2, 0.25) is 5.15 Å². The predicted molar refractivity (Wildman–Crippen MR) is 51.7 cm³/mol. The van der Waals surface area contributed by atoms with E-state index in [1.807, 2.05) is 13.8 Å². The summed E-state index contributed by atoms with van der Waals surface area (Å²) in [7, 11) is 0. The number of pyridine rings is 1. The number of halogens is 1. The monoisotopic (exact) mass is 216 g/mol. The fourth-order valence-corrected chi connectivity index (χ4v) is 1.06. The van der Waals surface area contributed by atoms with Crippen molar-refractivity contribution in [3.05, 3.63) is 27.5 Å². The average Bonchev–Trinajstić information content (AvgIpc) is 2.07. The molecule has 1 rings (SSSR count). The van der Waals surface area contributed by atoms with Crippen molar-refractivity contribution in [2.75, 3.05) is 0 Å². The fourth-order valence-electron chi connectivity index (χ4n) is 0.883. The second kappa shape index (κ2) is 4.23. The van der Waals surface area contributed by atoms with Crippen LogP contribution in [0.1, 0.15) is 13.8 Å². The molecule has 0 bridgehead atoms. The highest BCUT2D eigenvalue weighted by atomic mass is 35.5. The average molecular weight is 217 g/mol. The normalized spacial score (nSPS) is 10.3. The first-order chi connectivity index (χ1) is 6.50. The number of nitro groups is 1. The quantitative estimate of drug-likeness (QED) is 0.442. The summed E-state index contributed by atoms with van der Waals surface area (Å²) in [5.74, 6) is 0.344. The number of ether oxygens (including phenoxy) is 1.